The molecular weight excluding hydrogens is 438 g/mol. The minimum atomic E-state index is -0.886. The van der Waals surface area contributed by atoms with Crippen LogP contribution in [-0.4, -0.2) is 46.0 Å². The highest BCUT2D eigenvalue weighted by Gasteiger charge is 2.21. The Balaban J connectivity index is 1.72. The van der Waals surface area contributed by atoms with Gasteiger partial charge >= 0.3 is 12.1 Å². The molecule has 3 rings (SSSR count). The zero-order chi connectivity index (χ0) is 22.9. The molecule has 0 spiro atoms. The molecule has 0 fully saturated rings. The molecule has 1 atom stereocenters. The van der Waals surface area contributed by atoms with Crippen LogP contribution >= 0.6 is 11.6 Å². The first-order valence-corrected chi connectivity index (χ1v) is 9.96. The van der Waals surface area contributed by atoms with Crippen molar-refractivity contribution >= 4 is 29.4 Å². The smallest absolute Gasteiger partial charge is 0.404 e. The van der Waals surface area contributed by atoms with Gasteiger partial charge < -0.3 is 25.8 Å². The number of amides is 3. The summed E-state index contributed by atoms with van der Waals surface area (Å²) in [6, 6.07) is 13.1. The zero-order valence-electron chi connectivity index (χ0n) is 17.2. The van der Waals surface area contributed by atoms with E-state index in [1.165, 1.54) is 4.80 Å². The molecule has 4 N–H and O–H groups in total. The third-order valence-electron chi connectivity index (χ3n) is 4.32. The van der Waals surface area contributed by atoms with E-state index in [9.17, 15) is 9.59 Å². The van der Waals surface area contributed by atoms with E-state index < -0.39 is 18.2 Å². The number of hydrogen-bond acceptors (Lipinski definition) is 7. The number of carbonyl (C=O) groups excluding carboxylic acids is 2. The molecule has 0 saturated heterocycles. The molecule has 0 aliphatic heterocycles. The highest BCUT2D eigenvalue weighted by Crippen LogP contribution is 2.19. The largest absolute Gasteiger partial charge is 0.497 e. The second-order valence-corrected chi connectivity index (χ2v) is 7.06. The fourth-order valence-corrected chi connectivity index (χ4v) is 2.91. The number of aromatic nitrogens is 4. The topological polar surface area (TPSA) is 146 Å². The lowest BCUT2D eigenvalue weighted by Crippen LogP contribution is -2.34. The van der Waals surface area contributed by atoms with Gasteiger partial charge in [-0.05, 0) is 47.2 Å². The summed E-state index contributed by atoms with van der Waals surface area (Å²) in [5.41, 5.74) is 6.45. The quantitative estimate of drug-likeness (QED) is 0.445. The summed E-state index contributed by atoms with van der Waals surface area (Å²) in [6.07, 6.45) is -0.482. The first kappa shape index (κ1) is 22.8. The van der Waals surface area contributed by atoms with Crippen molar-refractivity contribution in [2.24, 2.45) is 5.73 Å². The molecule has 3 amide bonds. The summed E-state index contributed by atoms with van der Waals surface area (Å²) < 4.78 is 9.87. The predicted molar refractivity (Wildman–Crippen MR) is 116 cm³/mol. The molecule has 0 saturated carbocycles. The van der Waals surface area contributed by atoms with E-state index in [1.807, 2.05) is 24.3 Å². The van der Waals surface area contributed by atoms with E-state index in [2.05, 4.69) is 30.8 Å². The summed E-state index contributed by atoms with van der Waals surface area (Å²) in [5.74, 6) is 1.02. The number of anilines is 1. The Bertz CT molecular complexity index is 1040. The van der Waals surface area contributed by atoms with Gasteiger partial charge in [0.25, 0.3) is 0 Å². The number of nitrogens with zero attached hydrogens (tertiary/aromatic N) is 4. The van der Waals surface area contributed by atoms with Crippen LogP contribution in [0.3, 0.4) is 0 Å². The van der Waals surface area contributed by atoms with Crippen molar-refractivity contribution in [1.29, 1.82) is 0 Å². The molecule has 3 aromatic rings. The maximum Gasteiger partial charge on any atom is 0.404 e. The van der Waals surface area contributed by atoms with Crippen molar-refractivity contribution < 1.29 is 19.1 Å². The summed E-state index contributed by atoms with van der Waals surface area (Å²) >= 11 is 5.88. The van der Waals surface area contributed by atoms with E-state index >= 15 is 0 Å². The highest BCUT2D eigenvalue weighted by atomic mass is 35.5. The highest BCUT2D eigenvalue weighted by molar-refractivity contribution is 6.30. The number of rotatable bonds is 9. The average molecular weight is 460 g/mol. The van der Waals surface area contributed by atoms with Crippen LogP contribution in [0.4, 0.5) is 15.3 Å². The van der Waals surface area contributed by atoms with Gasteiger partial charge in [-0.2, -0.15) is 4.80 Å². The Morgan fingerprint density at radius 2 is 1.88 bits per heavy atom. The lowest BCUT2D eigenvalue weighted by Gasteiger charge is -2.16. The van der Waals surface area contributed by atoms with Crippen LogP contribution in [0.5, 0.6) is 5.75 Å². The number of hydrogen-bond donors (Lipinski definition) is 3. The first-order valence-electron chi connectivity index (χ1n) is 9.59. The Morgan fingerprint density at radius 1 is 1.16 bits per heavy atom. The fraction of sp³-hybridized carbons (Fsp3) is 0.250. The third-order valence-corrected chi connectivity index (χ3v) is 4.57. The maximum absolute atomic E-state index is 12.6. The number of nitrogens with two attached hydrogens (primary N) is 1. The van der Waals surface area contributed by atoms with Crippen LogP contribution in [0, 0.1) is 0 Å². The summed E-state index contributed by atoms with van der Waals surface area (Å²) in [6.45, 7) is 0.168. The summed E-state index contributed by atoms with van der Waals surface area (Å²) in [7, 11) is 1.59. The Labute approximate surface area is 188 Å². The van der Waals surface area contributed by atoms with Crippen LogP contribution < -0.4 is 21.1 Å². The molecule has 0 bridgehead atoms. The van der Waals surface area contributed by atoms with Crippen molar-refractivity contribution in [2.45, 2.75) is 19.0 Å². The molecule has 0 radical (unpaired) electrons. The molecule has 0 aliphatic rings. The molecule has 12 heteroatoms. The van der Waals surface area contributed by atoms with Crippen molar-refractivity contribution in [3.63, 3.8) is 0 Å². The third kappa shape index (κ3) is 6.84. The summed E-state index contributed by atoms with van der Waals surface area (Å²) in [5, 5.41) is 18.4. The van der Waals surface area contributed by atoms with Gasteiger partial charge in [0.05, 0.1) is 19.7 Å². The number of ether oxygens (including phenoxy) is 2. The second-order valence-electron chi connectivity index (χ2n) is 6.62. The Kier molecular flexibility index (Phi) is 7.81. The second kappa shape index (κ2) is 11.0. The van der Waals surface area contributed by atoms with Crippen LogP contribution in [0.1, 0.15) is 17.4 Å². The van der Waals surface area contributed by atoms with Crippen LogP contribution in [0.25, 0.3) is 0 Å². The van der Waals surface area contributed by atoms with E-state index in [-0.39, 0.29) is 13.2 Å². The number of primary amides is 1. The maximum atomic E-state index is 12.6. The molecule has 1 heterocycles. The molecule has 168 valence electrons. The average Bonchev–Trinajstić information content (AvgIpc) is 3.24. The van der Waals surface area contributed by atoms with Crippen LogP contribution in [0.15, 0.2) is 48.5 Å². The van der Waals surface area contributed by atoms with Gasteiger partial charge in [0.15, 0.2) is 5.82 Å². The van der Waals surface area contributed by atoms with Crippen molar-refractivity contribution in [3.05, 3.63) is 64.9 Å². The van der Waals surface area contributed by atoms with Gasteiger partial charge in [-0.1, -0.05) is 23.7 Å². The number of urea groups is 1. The van der Waals surface area contributed by atoms with Crippen LogP contribution in [-0.2, 0) is 17.7 Å². The van der Waals surface area contributed by atoms with Gasteiger partial charge in [0.1, 0.15) is 12.4 Å². The lowest BCUT2D eigenvalue weighted by molar-refractivity contribution is 0.148. The van der Waals surface area contributed by atoms with E-state index in [0.717, 1.165) is 11.3 Å². The van der Waals surface area contributed by atoms with E-state index in [0.29, 0.717) is 23.0 Å². The number of methoxy groups -OCH3 is 1. The Morgan fingerprint density at radius 3 is 2.53 bits per heavy atom. The SMILES string of the molecule is COc1ccc(CC(NC(=O)Nc2ccc(Cl)cc2)c2nnn(CCOC(N)=O)n2)cc1. The zero-order valence-corrected chi connectivity index (χ0v) is 18.0. The monoisotopic (exact) mass is 459 g/mol. The summed E-state index contributed by atoms with van der Waals surface area (Å²) in [4.78, 5) is 24.6. The molecular formula is C20H22ClN7O4. The minimum Gasteiger partial charge on any atom is -0.497 e. The van der Waals surface area contributed by atoms with Gasteiger partial charge in [0, 0.05) is 17.1 Å². The van der Waals surface area contributed by atoms with Gasteiger partial charge in [0.2, 0.25) is 0 Å². The molecule has 2 aromatic carbocycles. The molecule has 11 nitrogen and oxygen atoms in total. The van der Waals surface area contributed by atoms with Crippen LogP contribution in [0.2, 0.25) is 5.02 Å². The van der Waals surface area contributed by atoms with Gasteiger partial charge in [-0.3, -0.25) is 0 Å². The van der Waals surface area contributed by atoms with E-state index in [1.54, 1.807) is 31.4 Å². The predicted octanol–water partition coefficient (Wildman–Crippen LogP) is 2.54. The number of carbonyl (C=O) groups is 2. The standard InChI is InChI=1S/C20H22ClN7O4/c1-31-16-8-2-13(3-9-16)12-17(18-25-27-28(26-18)10-11-32-19(22)29)24-20(30)23-15-6-4-14(21)5-7-15/h2-9,17H,10-12H2,1H3,(H2,22,29)(H2,23,24,30). The van der Waals surface area contributed by atoms with Gasteiger partial charge in [-0.25, -0.2) is 9.59 Å². The minimum absolute atomic E-state index is 0.00123. The normalized spacial score (nSPS) is 11.4. The van der Waals surface area contributed by atoms with E-state index in [4.69, 9.17) is 22.1 Å². The Hall–Kier alpha value is -3.86. The molecule has 1 unspecified atom stereocenters. The van der Waals surface area contributed by atoms with Crippen molar-refractivity contribution in [1.82, 2.24) is 25.5 Å². The number of tetrazole rings is 1. The lowest BCUT2D eigenvalue weighted by atomic mass is 10.1. The fourth-order valence-electron chi connectivity index (χ4n) is 2.78. The number of benzene rings is 2. The van der Waals surface area contributed by atoms with Gasteiger partial charge in [-0.15, -0.1) is 10.2 Å². The number of nitrogens with one attached hydrogen (secondary N) is 2. The molecule has 1 aromatic heterocycles. The molecule has 0 aliphatic carbocycles. The molecule has 32 heavy (non-hydrogen) atoms. The van der Waals surface area contributed by atoms with Crippen molar-refractivity contribution in [2.75, 3.05) is 19.0 Å². The first-order chi connectivity index (χ1) is 15.4. The van der Waals surface area contributed by atoms with Crippen molar-refractivity contribution in [3.8, 4) is 5.75 Å². The number of halogens is 1.